The van der Waals surface area contributed by atoms with Gasteiger partial charge < -0.3 is 18.8 Å². The lowest BCUT2D eigenvalue weighted by Crippen LogP contribution is -2.38. The fourth-order valence-corrected chi connectivity index (χ4v) is 2.27. The predicted molar refractivity (Wildman–Crippen MR) is 74.5 cm³/mol. The van der Waals surface area contributed by atoms with Crippen molar-refractivity contribution in [2.24, 2.45) is 0 Å². The van der Waals surface area contributed by atoms with Gasteiger partial charge in [-0.15, -0.1) is 0 Å². The van der Waals surface area contributed by atoms with Crippen LogP contribution in [0.5, 0.6) is 0 Å². The van der Waals surface area contributed by atoms with Crippen LogP contribution in [-0.4, -0.2) is 40.4 Å². The average molecular weight is 282 g/mol. The number of ether oxygens (including phenoxy) is 2. The second-order valence-electron chi connectivity index (χ2n) is 4.74. The molecule has 2 atom stereocenters. The van der Waals surface area contributed by atoms with E-state index < -0.39 is 19.6 Å². The molecule has 0 radical (unpaired) electrons. The third kappa shape index (κ3) is 4.02. The van der Waals surface area contributed by atoms with Crippen LogP contribution in [0.4, 0.5) is 4.39 Å². The summed E-state index contributed by atoms with van der Waals surface area (Å²) in [5.74, 6) is 0. The maximum absolute atomic E-state index is 13.3. The van der Waals surface area contributed by atoms with Crippen molar-refractivity contribution < 1.29 is 23.2 Å². The molecule has 0 amide bonds. The van der Waals surface area contributed by atoms with E-state index in [4.69, 9.17) is 18.8 Å². The molecule has 0 spiro atoms. The first-order valence-corrected chi connectivity index (χ1v) is 6.75. The molecule has 4 nitrogen and oxygen atoms in total. The van der Waals surface area contributed by atoms with Gasteiger partial charge in [0.15, 0.2) is 6.29 Å². The predicted octanol–water partition coefficient (Wildman–Crippen LogP) is 1.67. The van der Waals surface area contributed by atoms with Crippen molar-refractivity contribution in [2.75, 3.05) is 20.8 Å². The van der Waals surface area contributed by atoms with Crippen LogP contribution in [0.15, 0.2) is 24.3 Å². The fourth-order valence-electron chi connectivity index (χ4n) is 2.27. The molecule has 1 heterocycles. The SMILES string of the molecule is COB(OC)c1ccccc1COC1CC(F)CCO1. The second kappa shape index (κ2) is 7.74. The van der Waals surface area contributed by atoms with Crippen molar-refractivity contribution in [1.29, 1.82) is 0 Å². The average Bonchev–Trinajstić information content (AvgIpc) is 2.48. The molecule has 1 fully saturated rings. The van der Waals surface area contributed by atoms with Gasteiger partial charge in [-0.25, -0.2) is 4.39 Å². The number of rotatable bonds is 6. The van der Waals surface area contributed by atoms with Gasteiger partial charge >= 0.3 is 7.12 Å². The van der Waals surface area contributed by atoms with Crippen LogP contribution in [0.3, 0.4) is 0 Å². The van der Waals surface area contributed by atoms with Crippen molar-refractivity contribution in [3.05, 3.63) is 29.8 Å². The van der Waals surface area contributed by atoms with Gasteiger partial charge in [0.2, 0.25) is 0 Å². The van der Waals surface area contributed by atoms with Crippen molar-refractivity contribution >= 4 is 12.6 Å². The molecule has 0 N–H and O–H groups in total. The molecule has 0 aliphatic carbocycles. The minimum Gasteiger partial charge on any atom is -0.410 e. The minimum absolute atomic E-state index is 0.292. The highest BCUT2D eigenvalue weighted by molar-refractivity contribution is 6.61. The molecule has 0 aromatic heterocycles. The molecule has 1 aromatic rings. The number of alkyl halides is 1. The Balaban J connectivity index is 1.98. The Hall–Kier alpha value is -0.945. The van der Waals surface area contributed by atoms with Gasteiger partial charge in [-0.05, 0) is 11.0 Å². The Kier molecular flexibility index (Phi) is 5.97. The molecule has 6 heteroatoms. The Morgan fingerprint density at radius 3 is 2.75 bits per heavy atom. The van der Waals surface area contributed by atoms with E-state index in [0.29, 0.717) is 26.1 Å². The molecule has 1 saturated heterocycles. The third-order valence-electron chi connectivity index (χ3n) is 3.34. The summed E-state index contributed by atoms with van der Waals surface area (Å²) in [5.41, 5.74) is 1.86. The smallest absolute Gasteiger partial charge is 0.410 e. The molecule has 2 unspecified atom stereocenters. The summed E-state index contributed by atoms with van der Waals surface area (Å²) in [7, 11) is 2.74. The van der Waals surface area contributed by atoms with Crippen LogP contribution in [0.25, 0.3) is 0 Å². The van der Waals surface area contributed by atoms with Crippen molar-refractivity contribution in [3.63, 3.8) is 0 Å². The first-order valence-electron chi connectivity index (χ1n) is 6.75. The highest BCUT2D eigenvalue weighted by Crippen LogP contribution is 2.18. The summed E-state index contributed by atoms with van der Waals surface area (Å²) in [6.45, 7) is 0.753. The normalized spacial score (nSPS) is 22.8. The maximum atomic E-state index is 13.3. The topological polar surface area (TPSA) is 36.9 Å². The molecule has 110 valence electrons. The zero-order valence-electron chi connectivity index (χ0n) is 11.9. The molecular formula is C14H20BFO4. The summed E-state index contributed by atoms with van der Waals surface area (Å²) in [6.07, 6.45) is -0.573. The molecule has 20 heavy (non-hydrogen) atoms. The van der Waals surface area contributed by atoms with Gasteiger partial charge in [0.25, 0.3) is 0 Å². The molecule has 1 aliphatic heterocycles. The standard InChI is InChI=1S/C14H20BFO4/c1-17-15(18-2)13-6-4-3-5-11(13)10-20-14-9-12(16)7-8-19-14/h3-6,12,14H,7-10H2,1-2H3. The quantitative estimate of drug-likeness (QED) is 0.744. The maximum Gasteiger partial charge on any atom is 0.493 e. The zero-order valence-corrected chi connectivity index (χ0v) is 11.9. The van der Waals surface area contributed by atoms with Crippen LogP contribution < -0.4 is 5.46 Å². The molecule has 1 aromatic carbocycles. The zero-order chi connectivity index (χ0) is 14.4. The lowest BCUT2D eigenvalue weighted by atomic mass is 9.76. The molecule has 0 saturated carbocycles. The summed E-state index contributed by atoms with van der Waals surface area (Å²) in [6, 6.07) is 7.70. The van der Waals surface area contributed by atoms with Crippen molar-refractivity contribution in [3.8, 4) is 0 Å². The van der Waals surface area contributed by atoms with E-state index in [0.717, 1.165) is 11.0 Å². The molecular weight excluding hydrogens is 262 g/mol. The van der Waals surface area contributed by atoms with Crippen molar-refractivity contribution in [1.82, 2.24) is 0 Å². The molecule has 0 bridgehead atoms. The monoisotopic (exact) mass is 282 g/mol. The van der Waals surface area contributed by atoms with Crippen molar-refractivity contribution in [2.45, 2.75) is 31.9 Å². The molecule has 2 rings (SSSR count). The first kappa shape index (κ1) is 15.4. The van der Waals surface area contributed by atoms with Crippen LogP contribution in [0, 0.1) is 0 Å². The number of hydrogen-bond acceptors (Lipinski definition) is 4. The van der Waals surface area contributed by atoms with E-state index in [1.54, 1.807) is 14.2 Å². The Bertz CT molecular complexity index is 414. The Morgan fingerprint density at radius 2 is 2.05 bits per heavy atom. The van der Waals surface area contributed by atoms with E-state index in [1.807, 2.05) is 24.3 Å². The number of halogens is 1. The summed E-state index contributed by atoms with van der Waals surface area (Å²) < 4.78 is 34.9. The van der Waals surface area contributed by atoms with E-state index >= 15 is 0 Å². The minimum atomic E-state index is -0.838. The third-order valence-corrected chi connectivity index (χ3v) is 3.34. The van der Waals surface area contributed by atoms with Crippen LogP contribution in [-0.2, 0) is 25.4 Å². The van der Waals surface area contributed by atoms with Gasteiger partial charge in [0.1, 0.15) is 6.17 Å². The van der Waals surface area contributed by atoms with Gasteiger partial charge in [-0.1, -0.05) is 24.3 Å². The molecule has 1 aliphatic rings. The van der Waals surface area contributed by atoms with E-state index in [-0.39, 0.29) is 0 Å². The van der Waals surface area contributed by atoms with E-state index in [1.165, 1.54) is 0 Å². The summed E-state index contributed by atoms with van der Waals surface area (Å²) in [4.78, 5) is 0. The van der Waals surface area contributed by atoms with Gasteiger partial charge in [0, 0.05) is 27.1 Å². The van der Waals surface area contributed by atoms with E-state index in [9.17, 15) is 4.39 Å². The van der Waals surface area contributed by atoms with Crippen LogP contribution in [0.1, 0.15) is 18.4 Å². The van der Waals surface area contributed by atoms with Gasteiger partial charge in [0.05, 0.1) is 13.2 Å². The second-order valence-corrected chi connectivity index (χ2v) is 4.74. The summed E-state index contributed by atoms with van der Waals surface area (Å²) >= 11 is 0. The van der Waals surface area contributed by atoms with E-state index in [2.05, 4.69) is 0 Å². The fraction of sp³-hybridized carbons (Fsp3) is 0.571. The van der Waals surface area contributed by atoms with Gasteiger partial charge in [-0.2, -0.15) is 0 Å². The first-order chi connectivity index (χ1) is 9.74. The van der Waals surface area contributed by atoms with Crippen LogP contribution in [0.2, 0.25) is 0 Å². The lowest BCUT2D eigenvalue weighted by molar-refractivity contribution is -0.182. The number of hydrogen-bond donors (Lipinski definition) is 0. The summed E-state index contributed by atoms with van der Waals surface area (Å²) in [5, 5.41) is 0. The Morgan fingerprint density at radius 1 is 1.30 bits per heavy atom. The van der Waals surface area contributed by atoms with Gasteiger partial charge in [-0.3, -0.25) is 0 Å². The highest BCUT2D eigenvalue weighted by Gasteiger charge is 2.25. The Labute approximate surface area is 119 Å². The largest absolute Gasteiger partial charge is 0.493 e. The van der Waals surface area contributed by atoms with Crippen LogP contribution >= 0.6 is 0 Å². The highest BCUT2D eigenvalue weighted by atomic mass is 19.1. The number of benzene rings is 1. The lowest BCUT2D eigenvalue weighted by Gasteiger charge is -2.25.